The van der Waals surface area contributed by atoms with Crippen LogP contribution in [0.25, 0.3) is 0 Å². The summed E-state index contributed by atoms with van der Waals surface area (Å²) < 4.78 is 0. The second kappa shape index (κ2) is 6.01. The SMILES string of the molecule is CCN(CCc1ccc(C(=O)O)cc1)C1CCC1. The molecule has 1 N–H and O–H groups in total. The third-order valence-electron chi connectivity index (χ3n) is 3.89. The van der Waals surface area contributed by atoms with Gasteiger partial charge in [0, 0.05) is 12.6 Å². The van der Waals surface area contributed by atoms with Crippen LogP contribution in [-0.4, -0.2) is 35.1 Å². The Balaban J connectivity index is 1.86. The molecule has 3 nitrogen and oxygen atoms in total. The molecule has 3 heteroatoms. The highest BCUT2D eigenvalue weighted by Gasteiger charge is 2.23. The molecule has 0 aromatic heterocycles. The van der Waals surface area contributed by atoms with Crippen molar-refractivity contribution in [2.24, 2.45) is 0 Å². The van der Waals surface area contributed by atoms with E-state index in [1.54, 1.807) is 12.1 Å². The van der Waals surface area contributed by atoms with Gasteiger partial charge in [0.25, 0.3) is 0 Å². The predicted octanol–water partition coefficient (Wildman–Crippen LogP) is 2.80. The first kappa shape index (κ1) is 13.1. The largest absolute Gasteiger partial charge is 0.478 e. The lowest BCUT2D eigenvalue weighted by atomic mass is 9.91. The molecule has 18 heavy (non-hydrogen) atoms. The molecule has 1 fully saturated rings. The number of aromatic carboxylic acids is 1. The van der Waals surface area contributed by atoms with Crippen LogP contribution < -0.4 is 0 Å². The number of carboxylic acid groups (broad SMARTS) is 1. The maximum absolute atomic E-state index is 10.8. The van der Waals surface area contributed by atoms with E-state index >= 15 is 0 Å². The van der Waals surface area contributed by atoms with E-state index in [-0.39, 0.29) is 0 Å². The molecule has 0 saturated heterocycles. The minimum Gasteiger partial charge on any atom is -0.478 e. The van der Waals surface area contributed by atoms with Crippen LogP contribution in [0.2, 0.25) is 0 Å². The lowest BCUT2D eigenvalue weighted by molar-refractivity contribution is 0.0697. The Labute approximate surface area is 108 Å². The summed E-state index contributed by atoms with van der Waals surface area (Å²) in [6, 6.07) is 8.03. The normalized spacial score (nSPS) is 15.7. The molecule has 1 aromatic carbocycles. The zero-order chi connectivity index (χ0) is 13.0. The molecule has 0 bridgehead atoms. The summed E-state index contributed by atoms with van der Waals surface area (Å²) in [6.07, 6.45) is 5.05. The summed E-state index contributed by atoms with van der Waals surface area (Å²) in [4.78, 5) is 13.3. The second-order valence-electron chi connectivity index (χ2n) is 4.97. The zero-order valence-electron chi connectivity index (χ0n) is 10.9. The van der Waals surface area contributed by atoms with Crippen molar-refractivity contribution in [1.29, 1.82) is 0 Å². The highest BCUT2D eigenvalue weighted by Crippen LogP contribution is 2.24. The Kier molecular flexibility index (Phi) is 4.37. The molecule has 0 radical (unpaired) electrons. The fourth-order valence-electron chi connectivity index (χ4n) is 2.44. The molecule has 0 heterocycles. The average molecular weight is 247 g/mol. The smallest absolute Gasteiger partial charge is 0.335 e. The van der Waals surface area contributed by atoms with E-state index in [4.69, 9.17) is 5.11 Å². The Morgan fingerprint density at radius 3 is 2.44 bits per heavy atom. The summed E-state index contributed by atoms with van der Waals surface area (Å²) in [7, 11) is 0. The molecule has 98 valence electrons. The fourth-order valence-corrected chi connectivity index (χ4v) is 2.44. The van der Waals surface area contributed by atoms with Gasteiger partial charge in [0.2, 0.25) is 0 Å². The van der Waals surface area contributed by atoms with Crippen LogP contribution in [0, 0.1) is 0 Å². The van der Waals surface area contributed by atoms with Crippen molar-refractivity contribution in [3.8, 4) is 0 Å². The number of hydrogen-bond donors (Lipinski definition) is 1. The van der Waals surface area contributed by atoms with E-state index in [1.807, 2.05) is 12.1 Å². The maximum Gasteiger partial charge on any atom is 0.335 e. The van der Waals surface area contributed by atoms with Gasteiger partial charge in [-0.3, -0.25) is 0 Å². The monoisotopic (exact) mass is 247 g/mol. The molecule has 0 amide bonds. The Morgan fingerprint density at radius 2 is 2.00 bits per heavy atom. The number of carbonyl (C=O) groups is 1. The summed E-state index contributed by atoms with van der Waals surface area (Å²) >= 11 is 0. The number of nitrogens with zero attached hydrogens (tertiary/aromatic N) is 1. The topological polar surface area (TPSA) is 40.5 Å². The van der Waals surface area contributed by atoms with Crippen LogP contribution in [0.1, 0.15) is 42.1 Å². The van der Waals surface area contributed by atoms with Gasteiger partial charge in [0.1, 0.15) is 0 Å². The van der Waals surface area contributed by atoms with Gasteiger partial charge >= 0.3 is 5.97 Å². The van der Waals surface area contributed by atoms with Crippen LogP contribution >= 0.6 is 0 Å². The standard InChI is InChI=1S/C15H21NO2/c1-2-16(14-4-3-5-14)11-10-12-6-8-13(9-7-12)15(17)18/h6-9,14H,2-5,10-11H2,1H3,(H,17,18). The van der Waals surface area contributed by atoms with Crippen molar-refractivity contribution >= 4 is 5.97 Å². The highest BCUT2D eigenvalue weighted by molar-refractivity contribution is 5.87. The first-order chi connectivity index (χ1) is 8.70. The summed E-state index contributed by atoms with van der Waals surface area (Å²) in [5, 5.41) is 8.84. The number of carboxylic acids is 1. The molecule has 0 aliphatic heterocycles. The summed E-state index contributed by atoms with van der Waals surface area (Å²) in [5.41, 5.74) is 1.59. The van der Waals surface area contributed by atoms with Gasteiger partial charge in [-0.1, -0.05) is 25.5 Å². The predicted molar refractivity (Wildman–Crippen MR) is 72.0 cm³/mol. The summed E-state index contributed by atoms with van der Waals surface area (Å²) in [5.74, 6) is -0.855. The number of hydrogen-bond acceptors (Lipinski definition) is 2. The van der Waals surface area contributed by atoms with Gasteiger partial charge in [0.15, 0.2) is 0 Å². The first-order valence-corrected chi connectivity index (χ1v) is 6.77. The van der Waals surface area contributed by atoms with Crippen LogP contribution in [0.5, 0.6) is 0 Å². The Morgan fingerprint density at radius 1 is 1.33 bits per heavy atom. The third kappa shape index (κ3) is 3.10. The average Bonchev–Trinajstić information content (AvgIpc) is 2.32. The van der Waals surface area contributed by atoms with Crippen molar-refractivity contribution in [3.05, 3.63) is 35.4 Å². The van der Waals surface area contributed by atoms with E-state index in [0.717, 1.165) is 25.6 Å². The maximum atomic E-state index is 10.8. The first-order valence-electron chi connectivity index (χ1n) is 6.77. The van der Waals surface area contributed by atoms with Crippen molar-refractivity contribution < 1.29 is 9.90 Å². The van der Waals surface area contributed by atoms with Crippen molar-refractivity contribution in [2.75, 3.05) is 13.1 Å². The minimum atomic E-state index is -0.855. The van der Waals surface area contributed by atoms with E-state index in [1.165, 1.54) is 24.8 Å². The van der Waals surface area contributed by atoms with Crippen LogP contribution in [0.4, 0.5) is 0 Å². The number of rotatable bonds is 6. The summed E-state index contributed by atoms with van der Waals surface area (Å²) in [6.45, 7) is 4.40. The van der Waals surface area contributed by atoms with Gasteiger partial charge < -0.3 is 10.0 Å². The Bertz CT molecular complexity index is 395. The lowest BCUT2D eigenvalue weighted by Gasteiger charge is -2.36. The highest BCUT2D eigenvalue weighted by atomic mass is 16.4. The lowest BCUT2D eigenvalue weighted by Crippen LogP contribution is -2.41. The van der Waals surface area contributed by atoms with E-state index in [9.17, 15) is 4.79 Å². The quantitative estimate of drug-likeness (QED) is 0.840. The van der Waals surface area contributed by atoms with Crippen LogP contribution in [0.15, 0.2) is 24.3 Å². The molecule has 0 unspecified atom stereocenters. The van der Waals surface area contributed by atoms with Gasteiger partial charge in [0.05, 0.1) is 5.56 Å². The van der Waals surface area contributed by atoms with Gasteiger partial charge in [-0.25, -0.2) is 4.79 Å². The van der Waals surface area contributed by atoms with Gasteiger partial charge in [-0.05, 0) is 43.5 Å². The van der Waals surface area contributed by atoms with Crippen LogP contribution in [0.3, 0.4) is 0 Å². The number of likely N-dealkylation sites (N-methyl/N-ethyl adjacent to an activating group) is 1. The number of benzene rings is 1. The molecular weight excluding hydrogens is 226 g/mol. The van der Waals surface area contributed by atoms with Crippen molar-refractivity contribution in [3.63, 3.8) is 0 Å². The van der Waals surface area contributed by atoms with Gasteiger partial charge in [-0.15, -0.1) is 0 Å². The third-order valence-corrected chi connectivity index (χ3v) is 3.89. The molecule has 1 aliphatic carbocycles. The van der Waals surface area contributed by atoms with Gasteiger partial charge in [-0.2, -0.15) is 0 Å². The molecule has 0 spiro atoms. The van der Waals surface area contributed by atoms with Crippen molar-refractivity contribution in [2.45, 2.75) is 38.6 Å². The molecule has 0 atom stereocenters. The molecule has 2 rings (SSSR count). The molecule has 1 aromatic rings. The molecular formula is C15H21NO2. The van der Waals surface area contributed by atoms with Crippen molar-refractivity contribution in [1.82, 2.24) is 4.90 Å². The van der Waals surface area contributed by atoms with Crippen LogP contribution in [-0.2, 0) is 6.42 Å². The minimum absolute atomic E-state index is 0.366. The Hall–Kier alpha value is -1.35. The fraction of sp³-hybridized carbons (Fsp3) is 0.533. The second-order valence-corrected chi connectivity index (χ2v) is 4.97. The zero-order valence-corrected chi connectivity index (χ0v) is 10.9. The molecule has 1 aliphatic rings. The van der Waals surface area contributed by atoms with E-state index < -0.39 is 5.97 Å². The van der Waals surface area contributed by atoms with E-state index in [2.05, 4.69) is 11.8 Å². The molecule has 1 saturated carbocycles. The van der Waals surface area contributed by atoms with E-state index in [0.29, 0.717) is 5.56 Å².